The molecule has 1 fully saturated rings. The normalized spacial score (nSPS) is 28.8. The van der Waals surface area contributed by atoms with Gasteiger partial charge in [0.1, 0.15) is 18.3 Å². The van der Waals surface area contributed by atoms with Crippen LogP contribution in [-0.4, -0.2) is 59.4 Å². The van der Waals surface area contributed by atoms with Gasteiger partial charge in [-0.15, -0.1) is 0 Å². The predicted molar refractivity (Wildman–Crippen MR) is 76.1 cm³/mol. The highest BCUT2D eigenvalue weighted by atomic mass is 31.3. The van der Waals surface area contributed by atoms with Crippen LogP contribution in [0.25, 0.3) is 0 Å². The first kappa shape index (κ1) is 21.1. The second-order valence-corrected chi connectivity index (χ2v) is 7.86. The van der Waals surface area contributed by atoms with Crippen LogP contribution in [0.3, 0.4) is 0 Å². The van der Waals surface area contributed by atoms with Crippen LogP contribution in [0.1, 0.15) is 6.23 Å². The SMILES string of the molecule is O=c1[nH]c(=O)n([C@@H]2O[C@@H](COP(=O)(O)OP(=O)(O)O)[C@@H](O)[C@H]2O)cc1F. The molecule has 0 radical (unpaired) electrons. The number of rotatable bonds is 6. The largest absolute Gasteiger partial charge is 0.481 e. The van der Waals surface area contributed by atoms with E-state index in [9.17, 15) is 33.3 Å². The van der Waals surface area contributed by atoms with Gasteiger partial charge in [-0.3, -0.25) is 18.9 Å². The van der Waals surface area contributed by atoms with E-state index in [0.717, 1.165) is 0 Å². The maximum Gasteiger partial charge on any atom is 0.481 e. The molecule has 148 valence electrons. The number of halogens is 1. The van der Waals surface area contributed by atoms with E-state index in [1.807, 2.05) is 0 Å². The Hall–Kier alpha value is -1.25. The Morgan fingerprint density at radius 2 is 1.85 bits per heavy atom. The first-order valence-corrected chi connectivity index (χ1v) is 9.60. The van der Waals surface area contributed by atoms with Crippen molar-refractivity contribution < 1.29 is 52.0 Å². The Morgan fingerprint density at radius 1 is 1.23 bits per heavy atom. The van der Waals surface area contributed by atoms with Crippen LogP contribution < -0.4 is 11.2 Å². The fraction of sp³-hybridized carbons (Fsp3) is 0.556. The molecule has 0 saturated carbocycles. The summed E-state index contributed by atoms with van der Waals surface area (Å²) in [7, 11) is -10.6. The van der Waals surface area contributed by atoms with Crippen molar-refractivity contribution in [2.45, 2.75) is 24.5 Å². The molecule has 0 aromatic carbocycles. The first-order chi connectivity index (χ1) is 11.8. The quantitative estimate of drug-likeness (QED) is 0.263. The lowest BCUT2D eigenvalue weighted by Crippen LogP contribution is -2.38. The highest BCUT2D eigenvalue weighted by Crippen LogP contribution is 2.57. The molecule has 14 nitrogen and oxygen atoms in total. The molecule has 0 amide bonds. The molecule has 0 bridgehead atoms. The standard InChI is InChI=1S/C9H13FN2O12P2/c10-3-1-12(9(16)11-7(3)15)8-6(14)5(13)4(23-8)2-22-26(20,21)24-25(17,18)19/h1,4-6,8,13-14H,2H2,(H,20,21)(H,11,15,16)(H2,17,18,19)/t4-,5+,6+,8+/m0/s1. The van der Waals surface area contributed by atoms with Crippen molar-refractivity contribution in [3.05, 3.63) is 32.9 Å². The Kier molecular flexibility index (Phi) is 5.99. The number of phosphoric acid groups is 2. The summed E-state index contributed by atoms with van der Waals surface area (Å²) in [6.07, 6.45) is -6.50. The van der Waals surface area contributed by atoms with E-state index >= 15 is 0 Å². The molecule has 2 rings (SSSR count). The third-order valence-electron chi connectivity index (χ3n) is 3.15. The molecule has 1 aromatic heterocycles. The van der Waals surface area contributed by atoms with Crippen molar-refractivity contribution in [3.8, 4) is 0 Å². The molecule has 1 saturated heterocycles. The Balaban J connectivity index is 2.14. The zero-order valence-electron chi connectivity index (χ0n) is 12.4. The minimum absolute atomic E-state index is 0.416. The Bertz CT molecular complexity index is 878. The summed E-state index contributed by atoms with van der Waals surface area (Å²) in [6.45, 7) is -0.997. The van der Waals surface area contributed by atoms with Crippen molar-refractivity contribution in [1.29, 1.82) is 0 Å². The highest BCUT2D eigenvalue weighted by Gasteiger charge is 2.45. The maximum absolute atomic E-state index is 13.3. The third-order valence-corrected chi connectivity index (χ3v) is 5.30. The van der Waals surface area contributed by atoms with Gasteiger partial charge >= 0.3 is 21.3 Å². The monoisotopic (exact) mass is 422 g/mol. The second kappa shape index (κ2) is 7.40. The molecule has 5 atom stereocenters. The van der Waals surface area contributed by atoms with Crippen molar-refractivity contribution in [2.24, 2.45) is 0 Å². The van der Waals surface area contributed by atoms with Crippen LogP contribution in [0, 0.1) is 5.82 Å². The van der Waals surface area contributed by atoms with E-state index in [1.165, 1.54) is 0 Å². The smallest absolute Gasteiger partial charge is 0.387 e. The van der Waals surface area contributed by atoms with Gasteiger partial charge in [-0.1, -0.05) is 0 Å². The van der Waals surface area contributed by atoms with E-state index < -0.39 is 63.9 Å². The molecule has 6 N–H and O–H groups in total. The number of nitrogens with zero attached hydrogens (tertiary/aromatic N) is 1. The first-order valence-electron chi connectivity index (χ1n) is 6.57. The average molecular weight is 422 g/mol. The molecule has 0 aliphatic carbocycles. The van der Waals surface area contributed by atoms with E-state index in [0.29, 0.717) is 10.8 Å². The van der Waals surface area contributed by atoms with Crippen LogP contribution in [0.4, 0.5) is 4.39 Å². The average Bonchev–Trinajstić information content (AvgIpc) is 2.75. The molecule has 26 heavy (non-hydrogen) atoms. The molecule has 1 aliphatic heterocycles. The number of hydrogen-bond acceptors (Lipinski definition) is 9. The van der Waals surface area contributed by atoms with Crippen LogP contribution in [0.5, 0.6) is 0 Å². The van der Waals surface area contributed by atoms with Crippen LogP contribution in [-0.2, 0) is 22.7 Å². The van der Waals surface area contributed by atoms with Gasteiger partial charge in [-0.05, 0) is 0 Å². The van der Waals surface area contributed by atoms with Gasteiger partial charge in [0.2, 0.25) is 5.82 Å². The summed E-state index contributed by atoms with van der Waals surface area (Å²) in [5.41, 5.74) is -2.50. The van der Waals surface area contributed by atoms with Crippen molar-refractivity contribution in [2.75, 3.05) is 6.61 Å². The van der Waals surface area contributed by atoms with E-state index in [1.54, 1.807) is 4.98 Å². The van der Waals surface area contributed by atoms with E-state index in [-0.39, 0.29) is 0 Å². The Labute approximate surface area is 142 Å². The van der Waals surface area contributed by atoms with Gasteiger partial charge in [0.25, 0.3) is 5.56 Å². The molecular formula is C9H13FN2O12P2. The van der Waals surface area contributed by atoms with Crippen molar-refractivity contribution >= 4 is 15.6 Å². The number of nitrogens with one attached hydrogen (secondary N) is 1. The van der Waals surface area contributed by atoms with Gasteiger partial charge < -0.3 is 29.6 Å². The number of phosphoric ester groups is 1. The van der Waals surface area contributed by atoms with Crippen molar-refractivity contribution in [3.63, 3.8) is 0 Å². The maximum atomic E-state index is 13.3. The van der Waals surface area contributed by atoms with Crippen LogP contribution in [0.2, 0.25) is 0 Å². The number of aliphatic hydroxyl groups is 2. The topological polar surface area (TPSA) is 218 Å². The summed E-state index contributed by atoms with van der Waals surface area (Å²) in [5.74, 6) is -1.38. The summed E-state index contributed by atoms with van der Waals surface area (Å²) in [6, 6.07) is 0. The number of ether oxygens (including phenoxy) is 1. The summed E-state index contributed by atoms with van der Waals surface area (Å²) < 4.78 is 48.4. The zero-order chi connectivity index (χ0) is 19.9. The highest BCUT2D eigenvalue weighted by molar-refractivity contribution is 7.60. The molecular weight excluding hydrogens is 409 g/mol. The number of aromatic nitrogens is 2. The summed E-state index contributed by atoms with van der Waals surface area (Å²) >= 11 is 0. The molecule has 17 heteroatoms. The lowest BCUT2D eigenvalue weighted by atomic mass is 10.1. The number of aromatic amines is 1. The van der Waals surface area contributed by atoms with Gasteiger partial charge in [0.05, 0.1) is 12.8 Å². The molecule has 1 aromatic rings. The molecule has 1 aliphatic rings. The van der Waals surface area contributed by atoms with Gasteiger partial charge in [-0.2, -0.15) is 8.70 Å². The predicted octanol–water partition coefficient (Wildman–Crippen LogP) is -2.48. The van der Waals surface area contributed by atoms with Crippen LogP contribution in [0.15, 0.2) is 15.8 Å². The minimum Gasteiger partial charge on any atom is -0.387 e. The third kappa shape index (κ3) is 4.92. The molecule has 2 heterocycles. The van der Waals surface area contributed by atoms with E-state index in [4.69, 9.17) is 19.4 Å². The summed E-state index contributed by atoms with van der Waals surface area (Å²) in [4.78, 5) is 50.3. The van der Waals surface area contributed by atoms with Gasteiger partial charge in [0, 0.05) is 0 Å². The zero-order valence-corrected chi connectivity index (χ0v) is 14.2. The van der Waals surface area contributed by atoms with Crippen molar-refractivity contribution in [1.82, 2.24) is 9.55 Å². The number of hydrogen-bond donors (Lipinski definition) is 6. The van der Waals surface area contributed by atoms with Gasteiger partial charge in [0.15, 0.2) is 6.23 Å². The number of H-pyrrole nitrogens is 1. The fourth-order valence-corrected chi connectivity index (χ4v) is 3.67. The summed E-state index contributed by atoms with van der Waals surface area (Å²) in [5, 5.41) is 19.7. The molecule has 0 spiro atoms. The van der Waals surface area contributed by atoms with E-state index in [2.05, 4.69) is 8.83 Å². The van der Waals surface area contributed by atoms with Gasteiger partial charge in [-0.25, -0.2) is 13.9 Å². The lowest BCUT2D eigenvalue weighted by molar-refractivity contribution is -0.0546. The minimum atomic E-state index is -5.36. The Morgan fingerprint density at radius 3 is 2.42 bits per heavy atom. The second-order valence-electron chi connectivity index (χ2n) is 5.03. The molecule has 1 unspecified atom stereocenters. The van der Waals surface area contributed by atoms with Crippen LogP contribution >= 0.6 is 15.6 Å². The lowest BCUT2D eigenvalue weighted by Gasteiger charge is -2.17. The fourth-order valence-electron chi connectivity index (χ4n) is 2.07. The number of aliphatic hydroxyl groups excluding tert-OH is 2.